The molecule has 0 radical (unpaired) electrons. The Morgan fingerprint density at radius 3 is 2.76 bits per heavy atom. The second kappa shape index (κ2) is 4.63. The monoisotopic (exact) mass is 294 g/mol. The first-order chi connectivity index (χ1) is 8.04. The Hall–Kier alpha value is -1.13. The van der Waals surface area contributed by atoms with Crippen molar-refractivity contribution in [2.24, 2.45) is 0 Å². The van der Waals surface area contributed by atoms with E-state index in [1.54, 1.807) is 13.1 Å². The molecule has 4 heteroatoms. The maximum absolute atomic E-state index is 10.6. The average Bonchev–Trinajstić information content (AvgIpc) is 2.78. The van der Waals surface area contributed by atoms with Gasteiger partial charge in [-0.1, -0.05) is 28.1 Å². The zero-order valence-electron chi connectivity index (χ0n) is 9.89. The van der Waals surface area contributed by atoms with E-state index in [0.29, 0.717) is 0 Å². The molecule has 1 heterocycles. The molecule has 1 N–H and O–H groups in total. The summed E-state index contributed by atoms with van der Waals surface area (Å²) in [5.74, 6) is 0. The largest absolute Gasteiger partial charge is 0.381 e. The van der Waals surface area contributed by atoms with Gasteiger partial charge in [0.2, 0.25) is 0 Å². The van der Waals surface area contributed by atoms with Crippen molar-refractivity contribution in [2.75, 3.05) is 0 Å². The molecule has 90 valence electrons. The molecule has 2 aromatic rings. The molecule has 2 rings (SSSR count). The molecule has 0 aliphatic heterocycles. The number of hydrogen-bond acceptors (Lipinski definition) is 2. The number of nitrogens with zero attached hydrogens (tertiary/aromatic N) is 2. The summed E-state index contributed by atoms with van der Waals surface area (Å²) in [7, 11) is 0. The predicted octanol–water partition coefficient (Wildman–Crippen LogP) is 2.92. The van der Waals surface area contributed by atoms with Crippen LogP contribution in [0.2, 0.25) is 0 Å². The normalized spacial score (nSPS) is 14.6. The molecule has 0 aliphatic carbocycles. The third-order valence-corrected chi connectivity index (χ3v) is 3.40. The van der Waals surface area contributed by atoms with Crippen LogP contribution < -0.4 is 0 Å². The van der Waals surface area contributed by atoms with Gasteiger partial charge >= 0.3 is 0 Å². The summed E-state index contributed by atoms with van der Waals surface area (Å²) in [6.07, 6.45) is 3.59. The zero-order chi connectivity index (χ0) is 12.5. The van der Waals surface area contributed by atoms with Crippen molar-refractivity contribution >= 4 is 15.9 Å². The van der Waals surface area contributed by atoms with Crippen LogP contribution in [-0.2, 0) is 12.1 Å². The van der Waals surface area contributed by atoms with Gasteiger partial charge in [0.1, 0.15) is 5.60 Å². The first kappa shape index (κ1) is 12.3. The zero-order valence-corrected chi connectivity index (χ0v) is 11.5. The first-order valence-corrected chi connectivity index (χ1v) is 6.34. The maximum atomic E-state index is 10.6. The Balaban J connectivity index is 2.41. The molecule has 0 bridgehead atoms. The van der Waals surface area contributed by atoms with E-state index in [2.05, 4.69) is 21.0 Å². The van der Waals surface area contributed by atoms with Gasteiger partial charge in [-0.05, 0) is 31.5 Å². The van der Waals surface area contributed by atoms with E-state index < -0.39 is 5.60 Å². The lowest BCUT2D eigenvalue weighted by molar-refractivity contribution is 0.102. The van der Waals surface area contributed by atoms with Crippen LogP contribution in [0.25, 0.3) is 0 Å². The van der Waals surface area contributed by atoms with Crippen LogP contribution in [0.1, 0.15) is 25.0 Å². The Labute approximate surface area is 109 Å². The van der Waals surface area contributed by atoms with Crippen LogP contribution in [0.15, 0.2) is 41.1 Å². The standard InChI is InChI=1S/C13H15BrN2O/c1-3-16-9-11(8-15-16)13(2,17)10-5-4-6-12(14)7-10/h4-9,17H,3H2,1-2H3. The summed E-state index contributed by atoms with van der Waals surface area (Å²) in [6, 6.07) is 7.69. The number of rotatable bonds is 3. The molecule has 1 atom stereocenters. The predicted molar refractivity (Wildman–Crippen MR) is 70.7 cm³/mol. The van der Waals surface area contributed by atoms with E-state index in [1.165, 1.54) is 0 Å². The highest BCUT2D eigenvalue weighted by Gasteiger charge is 2.27. The Bertz CT molecular complexity index is 520. The number of aliphatic hydroxyl groups is 1. The van der Waals surface area contributed by atoms with Crippen molar-refractivity contribution < 1.29 is 5.11 Å². The van der Waals surface area contributed by atoms with Crippen molar-refractivity contribution in [1.29, 1.82) is 0 Å². The molecule has 0 saturated heterocycles. The van der Waals surface area contributed by atoms with Gasteiger partial charge in [0.15, 0.2) is 0 Å². The van der Waals surface area contributed by atoms with Gasteiger partial charge < -0.3 is 5.11 Å². The summed E-state index contributed by atoms with van der Waals surface area (Å²) in [6.45, 7) is 4.60. The molecule has 0 saturated carbocycles. The topological polar surface area (TPSA) is 38.0 Å². The third-order valence-electron chi connectivity index (χ3n) is 2.91. The van der Waals surface area contributed by atoms with Crippen LogP contribution in [0.5, 0.6) is 0 Å². The fraction of sp³-hybridized carbons (Fsp3) is 0.308. The molecule has 0 aliphatic rings. The Morgan fingerprint density at radius 2 is 2.18 bits per heavy atom. The molecular formula is C13H15BrN2O. The van der Waals surface area contributed by atoms with E-state index in [1.807, 2.05) is 42.1 Å². The van der Waals surface area contributed by atoms with Crippen LogP contribution in [0.3, 0.4) is 0 Å². The molecule has 17 heavy (non-hydrogen) atoms. The SMILES string of the molecule is CCn1cc(C(C)(O)c2cccc(Br)c2)cn1. The van der Waals surface area contributed by atoms with Gasteiger partial charge in [0.25, 0.3) is 0 Å². The van der Waals surface area contributed by atoms with Gasteiger partial charge in [0, 0.05) is 22.8 Å². The minimum atomic E-state index is -1.02. The summed E-state index contributed by atoms with van der Waals surface area (Å²) in [4.78, 5) is 0. The van der Waals surface area contributed by atoms with Gasteiger partial charge in [0.05, 0.1) is 6.20 Å². The van der Waals surface area contributed by atoms with E-state index in [4.69, 9.17) is 0 Å². The van der Waals surface area contributed by atoms with E-state index in [9.17, 15) is 5.11 Å². The fourth-order valence-corrected chi connectivity index (χ4v) is 2.15. The van der Waals surface area contributed by atoms with Crippen molar-refractivity contribution in [3.63, 3.8) is 0 Å². The van der Waals surface area contributed by atoms with E-state index >= 15 is 0 Å². The smallest absolute Gasteiger partial charge is 0.115 e. The number of aromatic nitrogens is 2. The highest BCUT2D eigenvalue weighted by atomic mass is 79.9. The highest BCUT2D eigenvalue weighted by molar-refractivity contribution is 9.10. The molecule has 3 nitrogen and oxygen atoms in total. The Kier molecular flexibility index (Phi) is 3.35. The van der Waals surface area contributed by atoms with Crippen molar-refractivity contribution in [3.8, 4) is 0 Å². The number of benzene rings is 1. The molecule has 1 aromatic heterocycles. The lowest BCUT2D eigenvalue weighted by Gasteiger charge is -2.22. The van der Waals surface area contributed by atoms with Crippen LogP contribution >= 0.6 is 15.9 Å². The van der Waals surface area contributed by atoms with Gasteiger partial charge in [-0.15, -0.1) is 0 Å². The van der Waals surface area contributed by atoms with Crippen molar-refractivity contribution in [2.45, 2.75) is 26.0 Å². The average molecular weight is 295 g/mol. The van der Waals surface area contributed by atoms with Gasteiger partial charge in [-0.25, -0.2) is 0 Å². The molecular weight excluding hydrogens is 280 g/mol. The lowest BCUT2D eigenvalue weighted by Crippen LogP contribution is -2.22. The molecule has 1 unspecified atom stereocenters. The van der Waals surface area contributed by atoms with E-state index in [-0.39, 0.29) is 0 Å². The van der Waals surface area contributed by atoms with E-state index in [0.717, 1.165) is 22.1 Å². The van der Waals surface area contributed by atoms with Gasteiger partial charge in [-0.2, -0.15) is 5.10 Å². The fourth-order valence-electron chi connectivity index (χ4n) is 1.75. The second-order valence-electron chi connectivity index (χ2n) is 4.17. The van der Waals surface area contributed by atoms with Crippen molar-refractivity contribution in [1.82, 2.24) is 9.78 Å². The van der Waals surface area contributed by atoms with Crippen molar-refractivity contribution in [3.05, 3.63) is 52.3 Å². The van der Waals surface area contributed by atoms with Crippen LogP contribution in [0, 0.1) is 0 Å². The number of halogens is 1. The van der Waals surface area contributed by atoms with Crippen LogP contribution in [-0.4, -0.2) is 14.9 Å². The summed E-state index contributed by atoms with van der Waals surface area (Å²) >= 11 is 3.41. The second-order valence-corrected chi connectivity index (χ2v) is 5.08. The summed E-state index contributed by atoms with van der Waals surface area (Å²) < 4.78 is 2.76. The third kappa shape index (κ3) is 2.42. The summed E-state index contributed by atoms with van der Waals surface area (Å²) in [5, 5.41) is 14.8. The molecule has 0 fully saturated rings. The van der Waals surface area contributed by atoms with Gasteiger partial charge in [-0.3, -0.25) is 4.68 Å². The summed E-state index contributed by atoms with van der Waals surface area (Å²) in [5.41, 5.74) is 0.636. The quantitative estimate of drug-likeness (QED) is 0.945. The van der Waals surface area contributed by atoms with Crippen LogP contribution in [0.4, 0.5) is 0 Å². The first-order valence-electron chi connectivity index (χ1n) is 5.55. The number of hydrogen-bond donors (Lipinski definition) is 1. The minimum Gasteiger partial charge on any atom is -0.381 e. The molecule has 0 spiro atoms. The Morgan fingerprint density at radius 1 is 1.41 bits per heavy atom. The highest BCUT2D eigenvalue weighted by Crippen LogP contribution is 2.30. The minimum absolute atomic E-state index is 0.800. The molecule has 0 amide bonds. The number of aryl methyl sites for hydroxylation is 1. The lowest BCUT2D eigenvalue weighted by atomic mass is 9.90. The molecule has 1 aromatic carbocycles. The maximum Gasteiger partial charge on any atom is 0.115 e.